The van der Waals surface area contributed by atoms with E-state index in [0.29, 0.717) is 48.5 Å². The summed E-state index contributed by atoms with van der Waals surface area (Å²) in [7, 11) is -19.0. The van der Waals surface area contributed by atoms with Gasteiger partial charge in [-0.1, -0.05) is 170 Å². The Morgan fingerprint density at radius 3 is 0.543 bits per heavy atom. The number of benzene rings is 8. The van der Waals surface area contributed by atoms with E-state index in [1.807, 2.05) is 0 Å². The number of aromatic nitrogens is 4. The van der Waals surface area contributed by atoms with Gasteiger partial charge in [-0.25, -0.2) is 9.97 Å². The quantitative estimate of drug-likeness (QED) is 0.0210. The first kappa shape index (κ1) is 105. The van der Waals surface area contributed by atoms with Crippen LogP contribution in [-0.4, -0.2) is 152 Å². The fraction of sp³-hybridized carbons (Fsp3) is 0.261. The van der Waals surface area contributed by atoms with E-state index in [1.54, 1.807) is 0 Å². The molecule has 5 heterocycles. The maximum atomic E-state index is 15.7. The number of nitrogens with zero attached hydrogens (tertiary/aromatic N) is 2. The monoisotopic (exact) mass is 2070 g/mol. The van der Waals surface area contributed by atoms with Gasteiger partial charge in [0.25, 0.3) is 22.4 Å². The Balaban J connectivity index is 1.03. The fourth-order valence-corrected chi connectivity index (χ4v) is 19.2. The molecule has 48 heteroatoms. The van der Waals surface area contributed by atoms with Crippen LogP contribution in [0.1, 0.15) is 70.7 Å². The van der Waals surface area contributed by atoms with Gasteiger partial charge in [-0.05, 0) is 145 Å². The molecule has 0 aliphatic carbocycles. The molecular formula is C92H70F24N4O16S4. The fourth-order valence-electron chi connectivity index (χ4n) is 15.3. The van der Waals surface area contributed by atoms with E-state index in [-0.39, 0.29) is 93.6 Å². The van der Waals surface area contributed by atoms with Gasteiger partial charge in [0.1, 0.15) is 23.0 Å². The highest BCUT2D eigenvalue weighted by Gasteiger charge is 2.77. The van der Waals surface area contributed by atoms with E-state index in [1.165, 1.54) is 72.8 Å². The largest absolute Gasteiger partial charge is 0.430 e. The van der Waals surface area contributed by atoms with Crippen LogP contribution >= 0.6 is 0 Å². The van der Waals surface area contributed by atoms with Gasteiger partial charge >= 0.3 is 89.9 Å². The molecule has 0 amide bonds. The van der Waals surface area contributed by atoms with Gasteiger partial charge in [-0.2, -0.15) is 139 Å². The molecule has 0 fully saturated rings. The highest BCUT2D eigenvalue weighted by molar-refractivity contribution is 7.87. The summed E-state index contributed by atoms with van der Waals surface area (Å²) >= 11 is 0. The van der Waals surface area contributed by atoms with Crippen molar-refractivity contribution in [2.75, 3.05) is 49.4 Å². The standard InChI is InChI=1S/C92H70F24N4O16S4/c93-85(94,95)81(86(96,97)98,129-49-13-53-137(121,122)133-65-17-5-1-6-18-65)61-33-25-57(26-34-61)77-69-41-43-71(117-69)78(58-27-35-62(36-28-58)82(87(99,100)101,88(102,103)104)130-50-14-54-138(123,124)134-66-19-7-2-8-20-66)73-45-47-75(119-73)80(60-31-39-64(40-32-60)84(91(111,112)113,92(114,115)116)132-52-16-56-140(127,128)136-68-23-11-4-12-24-68)76-48-46-74(120-76)79(72-44-42-70(77)118-72)59-29-37-63(38-30-59)83(89(105,106)107,90(108,109)110)131-51-15-55-139(125,126)135-67-21-9-3-10-22-67/h1-12,17-48,117,120H,13-16,49-56H2. The lowest BCUT2D eigenvalue weighted by molar-refractivity contribution is -0.390. The molecule has 8 aromatic carbocycles. The minimum atomic E-state index is -6.48. The first-order valence-corrected chi connectivity index (χ1v) is 47.3. The zero-order valence-electron chi connectivity index (χ0n) is 71.0. The van der Waals surface area contributed by atoms with Crippen LogP contribution in [0, 0.1) is 0 Å². The van der Waals surface area contributed by atoms with Gasteiger partial charge in [0.2, 0.25) is 0 Å². The van der Waals surface area contributed by atoms with E-state index in [0.717, 1.165) is 97.1 Å². The van der Waals surface area contributed by atoms with Crippen molar-refractivity contribution in [3.8, 4) is 67.5 Å². The third kappa shape index (κ3) is 22.3. The van der Waals surface area contributed by atoms with Gasteiger partial charge in [-0.3, -0.25) is 0 Å². The zero-order chi connectivity index (χ0) is 102. The van der Waals surface area contributed by atoms with Gasteiger partial charge < -0.3 is 45.6 Å². The van der Waals surface area contributed by atoms with Crippen LogP contribution in [0.15, 0.2) is 243 Å². The second-order valence-electron chi connectivity index (χ2n) is 31.0. The summed E-state index contributed by atoms with van der Waals surface area (Å²) in [5, 5.41) is 0. The predicted molar refractivity (Wildman–Crippen MR) is 461 cm³/mol. The molecule has 0 atom stereocenters. The van der Waals surface area contributed by atoms with E-state index in [2.05, 4.69) is 9.97 Å². The Hall–Kier alpha value is -12.5. The third-order valence-electron chi connectivity index (χ3n) is 21.6. The summed E-state index contributed by atoms with van der Waals surface area (Å²) in [6.45, 7) is -6.39. The molecule has 2 aliphatic rings. The number of aromatic amines is 2. The van der Waals surface area contributed by atoms with E-state index in [9.17, 15) is 33.7 Å². The lowest BCUT2D eigenvalue weighted by Gasteiger charge is -2.37. The maximum Gasteiger partial charge on any atom is 0.430 e. The molecule has 20 nitrogen and oxygen atoms in total. The first-order valence-electron chi connectivity index (χ1n) is 40.9. The van der Waals surface area contributed by atoms with Crippen molar-refractivity contribution in [3.63, 3.8) is 0 Å². The van der Waals surface area contributed by atoms with Crippen LogP contribution in [0.5, 0.6) is 23.0 Å². The number of halogens is 24. The summed E-state index contributed by atoms with van der Waals surface area (Å²) in [6.07, 6.45) is -51.9. The molecule has 8 bridgehead atoms. The molecule has 0 saturated carbocycles. The second-order valence-corrected chi connectivity index (χ2v) is 37.7. The smallest absolute Gasteiger partial charge is 0.382 e. The van der Waals surface area contributed by atoms with Crippen molar-refractivity contribution < 1.29 is 175 Å². The van der Waals surface area contributed by atoms with Crippen LogP contribution in [0.3, 0.4) is 0 Å². The number of rotatable bonds is 36. The van der Waals surface area contributed by atoms with E-state index in [4.69, 9.17) is 45.6 Å². The minimum absolute atomic E-state index is 0.266. The van der Waals surface area contributed by atoms with Crippen molar-refractivity contribution in [1.29, 1.82) is 0 Å². The van der Waals surface area contributed by atoms with Crippen LogP contribution < -0.4 is 16.7 Å². The highest BCUT2D eigenvalue weighted by atomic mass is 32.2. The Morgan fingerprint density at radius 1 is 0.221 bits per heavy atom. The van der Waals surface area contributed by atoms with Crippen molar-refractivity contribution in [1.82, 2.24) is 19.9 Å². The predicted octanol–water partition coefficient (Wildman–Crippen LogP) is 23.9. The molecule has 0 spiro atoms. The van der Waals surface area contributed by atoms with Crippen molar-refractivity contribution >= 4 is 86.8 Å². The maximum absolute atomic E-state index is 15.7. The summed E-state index contributed by atoms with van der Waals surface area (Å²) in [4.78, 5) is 15.3. The molecule has 2 N–H and O–H groups in total. The lowest BCUT2D eigenvalue weighted by Crippen LogP contribution is -2.56. The van der Waals surface area contributed by atoms with Crippen molar-refractivity contribution in [2.45, 2.75) is 97.5 Å². The first-order chi connectivity index (χ1) is 65.4. The number of fused-ring (bicyclic) bond motifs is 8. The SMILES string of the molecule is O=S(=O)(CCCOC(c1ccc(-c2c3nc(c(-c4ccc(C(OCCCS(=O)(=O)Oc5ccccc5)(C(F)(F)F)C(F)(F)F)cc4)c4ccc([nH]4)c(-c4ccc(C(OCCCS(=O)(=O)Oc5ccccc5)(C(F)(F)F)C(F)(F)F)cc4)c4nc(c(-c5ccc(C(OCCCS(=O)(=O)Oc6ccccc6)(C(F)(F)F)C(F)(F)F)cc5)c5ccc2[nH]5)C=C4)C=C3)cc1)(C(F)(F)F)C(F)(F)F)Oc1ccccc1. The second kappa shape index (κ2) is 39.9. The molecule has 11 aromatic rings. The molecule has 0 unspecified atom stereocenters. The number of H-pyrrole nitrogens is 2. The summed E-state index contributed by atoms with van der Waals surface area (Å²) in [5.74, 6) is -6.03. The van der Waals surface area contributed by atoms with Gasteiger partial charge in [0, 0.05) is 93.0 Å². The van der Waals surface area contributed by atoms with Crippen LogP contribution in [0.25, 0.3) is 90.9 Å². The summed E-state index contributed by atoms with van der Waals surface area (Å²) < 4.78 is 517. The average molecular weight is 2070 g/mol. The van der Waals surface area contributed by atoms with E-state index >= 15 is 105 Å². The van der Waals surface area contributed by atoms with Crippen LogP contribution in [0.2, 0.25) is 0 Å². The number of hydrogen-bond donors (Lipinski definition) is 2. The Labute approximate surface area is 779 Å². The van der Waals surface area contributed by atoms with Crippen molar-refractivity contribution in [2.24, 2.45) is 0 Å². The Morgan fingerprint density at radius 2 is 0.386 bits per heavy atom. The number of nitrogens with one attached hydrogen (secondary N) is 2. The number of alkyl halides is 24. The molecule has 3 aromatic heterocycles. The number of hydrogen-bond acceptors (Lipinski definition) is 18. The molecule has 0 radical (unpaired) electrons. The minimum Gasteiger partial charge on any atom is -0.382 e. The molecule has 746 valence electrons. The summed E-state index contributed by atoms with van der Waals surface area (Å²) in [6, 6.07) is 37.4. The molecule has 13 rings (SSSR count). The zero-order valence-corrected chi connectivity index (χ0v) is 74.3. The van der Waals surface area contributed by atoms with Gasteiger partial charge in [0.05, 0.1) is 45.8 Å². The topological polar surface area (TPSA) is 268 Å². The van der Waals surface area contributed by atoms with Gasteiger partial charge in [0.15, 0.2) is 0 Å². The third-order valence-corrected chi connectivity index (χ3v) is 26.5. The molecular weight excluding hydrogens is 2000 g/mol. The molecule has 140 heavy (non-hydrogen) atoms. The molecule has 0 saturated heterocycles. The molecule has 2 aliphatic heterocycles. The van der Waals surface area contributed by atoms with Crippen LogP contribution in [-0.2, 0) is 81.8 Å². The summed E-state index contributed by atoms with van der Waals surface area (Å²) in [5.41, 5.74) is -35.2. The average Bonchev–Trinajstić information content (AvgIpc) is 0.750. The van der Waals surface area contributed by atoms with E-state index < -0.39 is 277 Å². The number of ether oxygens (including phenoxy) is 4. The van der Waals surface area contributed by atoms with Crippen molar-refractivity contribution in [3.05, 3.63) is 288 Å². The number of para-hydroxylation sites is 4. The van der Waals surface area contributed by atoms with Crippen LogP contribution in [0.4, 0.5) is 105 Å². The van der Waals surface area contributed by atoms with Gasteiger partial charge in [-0.15, -0.1) is 0 Å². The highest BCUT2D eigenvalue weighted by Crippen LogP contribution is 2.59. The Bertz CT molecular complexity index is 6110. The normalized spacial score (nSPS) is 13.8. The Kier molecular flexibility index (Phi) is 29.9. The lowest BCUT2D eigenvalue weighted by atomic mass is 9.90.